The molecule has 4 heteroatoms. The van der Waals surface area contributed by atoms with E-state index in [9.17, 15) is 0 Å². The zero-order chi connectivity index (χ0) is 29.3. The summed E-state index contributed by atoms with van der Waals surface area (Å²) in [5.74, 6) is 0. The Labute approximate surface area is 259 Å². The third-order valence-electron chi connectivity index (χ3n) is 9.19. The SMILES string of the molecule is C1=CC(n2c3ccccc3c3c([Si](C4=CNCC=C4)(C4=CNCC=C4)c4cccc(-c5ccccc5)c4)cccc32)=CCC1. The van der Waals surface area contributed by atoms with Crippen molar-refractivity contribution in [2.75, 3.05) is 13.1 Å². The van der Waals surface area contributed by atoms with Gasteiger partial charge in [0.25, 0.3) is 0 Å². The lowest BCUT2D eigenvalue weighted by molar-refractivity contribution is 0.960. The lowest BCUT2D eigenvalue weighted by Gasteiger charge is -2.38. The predicted molar refractivity (Wildman–Crippen MR) is 189 cm³/mol. The van der Waals surface area contributed by atoms with Crippen LogP contribution in [0.2, 0.25) is 0 Å². The molecule has 0 amide bonds. The van der Waals surface area contributed by atoms with Crippen molar-refractivity contribution in [2.45, 2.75) is 12.8 Å². The molecule has 5 aromatic rings. The lowest BCUT2D eigenvalue weighted by atomic mass is 10.1. The maximum atomic E-state index is 3.60. The standard InChI is InChI=1S/C40H35N3Si/c1-3-13-30(14-4-1)31-15-9-18-33(27-31)44(34-19-11-25-41-28-34,35-20-12-26-42-29-35)39-24-10-23-38-40(39)36-21-7-8-22-37(36)43(38)32-16-5-2-6-17-32/h1,3-5,7-24,27-29,41-42H,2,6,25-26H2. The van der Waals surface area contributed by atoms with Crippen molar-refractivity contribution in [3.05, 3.63) is 162 Å². The normalized spacial score (nSPS) is 16.3. The fraction of sp³-hybridized carbons (Fsp3) is 0.100. The average Bonchev–Trinajstić information content (AvgIpc) is 3.45. The molecule has 44 heavy (non-hydrogen) atoms. The number of fused-ring (bicyclic) bond motifs is 3. The summed E-state index contributed by atoms with van der Waals surface area (Å²) in [5, 5.41) is 15.3. The number of hydrogen-bond donors (Lipinski definition) is 2. The van der Waals surface area contributed by atoms with Crippen molar-refractivity contribution in [3.63, 3.8) is 0 Å². The van der Waals surface area contributed by atoms with Crippen molar-refractivity contribution in [1.82, 2.24) is 15.2 Å². The zero-order valence-electron chi connectivity index (χ0n) is 24.7. The number of nitrogens with zero attached hydrogens (tertiary/aromatic N) is 1. The first-order chi connectivity index (χ1) is 21.9. The first kappa shape index (κ1) is 26.6. The van der Waals surface area contributed by atoms with Crippen molar-refractivity contribution in [2.24, 2.45) is 0 Å². The van der Waals surface area contributed by atoms with E-state index in [1.165, 1.54) is 59.4 Å². The number of rotatable bonds is 6. The molecule has 0 fully saturated rings. The third kappa shape index (κ3) is 4.25. The number of para-hydroxylation sites is 1. The smallest absolute Gasteiger partial charge is 0.183 e. The van der Waals surface area contributed by atoms with Gasteiger partial charge in [-0.05, 0) is 75.3 Å². The van der Waals surface area contributed by atoms with Crippen molar-refractivity contribution >= 4 is 46.0 Å². The highest BCUT2D eigenvalue weighted by Gasteiger charge is 2.45. The second-order valence-electron chi connectivity index (χ2n) is 11.7. The van der Waals surface area contributed by atoms with Crippen LogP contribution in [0.5, 0.6) is 0 Å². The van der Waals surface area contributed by atoms with Crippen molar-refractivity contribution in [1.29, 1.82) is 0 Å². The number of benzene rings is 4. The molecule has 0 atom stereocenters. The van der Waals surface area contributed by atoms with Gasteiger partial charge in [-0.2, -0.15) is 0 Å². The molecule has 0 radical (unpaired) electrons. The maximum absolute atomic E-state index is 3.60. The van der Waals surface area contributed by atoms with E-state index in [0.29, 0.717) is 0 Å². The van der Waals surface area contributed by atoms with Crippen LogP contribution in [0.3, 0.4) is 0 Å². The third-order valence-corrected chi connectivity index (χ3v) is 13.9. The average molecular weight is 586 g/mol. The summed E-state index contributed by atoms with van der Waals surface area (Å²) in [5.41, 5.74) is 6.26. The van der Waals surface area contributed by atoms with Gasteiger partial charge in [-0.25, -0.2) is 0 Å². The van der Waals surface area contributed by atoms with Gasteiger partial charge in [0.1, 0.15) is 0 Å². The molecule has 0 saturated heterocycles. The molecule has 3 heterocycles. The summed E-state index contributed by atoms with van der Waals surface area (Å²) < 4.78 is 2.48. The van der Waals surface area contributed by atoms with E-state index in [-0.39, 0.29) is 0 Å². The van der Waals surface area contributed by atoms with Gasteiger partial charge in [0.05, 0.1) is 11.0 Å². The molecule has 0 bridgehead atoms. The molecule has 0 unspecified atom stereocenters. The Kier molecular flexibility index (Phi) is 6.77. The van der Waals surface area contributed by atoms with Gasteiger partial charge >= 0.3 is 0 Å². The van der Waals surface area contributed by atoms with E-state index in [4.69, 9.17) is 0 Å². The summed E-state index contributed by atoms with van der Waals surface area (Å²) in [6.45, 7) is 1.68. The summed E-state index contributed by atoms with van der Waals surface area (Å²) in [6, 6.07) is 36.1. The van der Waals surface area contributed by atoms with Gasteiger partial charge in [-0.1, -0.05) is 121 Å². The minimum atomic E-state index is -2.86. The number of aromatic nitrogens is 1. The van der Waals surface area contributed by atoms with Gasteiger partial charge < -0.3 is 15.2 Å². The van der Waals surface area contributed by atoms with E-state index in [2.05, 4.69) is 167 Å². The van der Waals surface area contributed by atoms with E-state index < -0.39 is 8.07 Å². The Morgan fingerprint density at radius 2 is 1.30 bits per heavy atom. The Hall–Kier alpha value is -5.06. The Morgan fingerprint density at radius 3 is 2.02 bits per heavy atom. The van der Waals surface area contributed by atoms with Crippen LogP contribution < -0.4 is 21.0 Å². The molecular weight excluding hydrogens is 551 g/mol. The topological polar surface area (TPSA) is 29.0 Å². The zero-order valence-corrected chi connectivity index (χ0v) is 25.7. The summed E-state index contributed by atoms with van der Waals surface area (Å²) in [4.78, 5) is 0. The first-order valence-electron chi connectivity index (χ1n) is 15.6. The van der Waals surface area contributed by atoms with E-state index >= 15 is 0 Å². The summed E-state index contributed by atoms with van der Waals surface area (Å²) >= 11 is 0. The Balaban J connectivity index is 1.52. The molecule has 4 aromatic carbocycles. The number of dihydropyridines is 2. The monoisotopic (exact) mass is 585 g/mol. The first-order valence-corrected chi connectivity index (χ1v) is 17.6. The van der Waals surface area contributed by atoms with E-state index in [1.54, 1.807) is 0 Å². The second kappa shape index (κ2) is 11.2. The fourth-order valence-corrected chi connectivity index (χ4v) is 12.3. The van der Waals surface area contributed by atoms with Gasteiger partial charge in [-0.15, -0.1) is 0 Å². The van der Waals surface area contributed by atoms with Crippen LogP contribution in [0.1, 0.15) is 12.8 Å². The fourth-order valence-electron chi connectivity index (χ4n) is 7.31. The number of allylic oxidation sites excluding steroid dienone is 8. The Bertz CT molecular complexity index is 2040. The van der Waals surface area contributed by atoms with E-state index in [0.717, 1.165) is 25.9 Å². The highest BCUT2D eigenvalue weighted by molar-refractivity contribution is 7.14. The van der Waals surface area contributed by atoms with Gasteiger partial charge in [0.2, 0.25) is 0 Å². The molecule has 2 aliphatic heterocycles. The second-order valence-corrected chi connectivity index (χ2v) is 15.4. The van der Waals surface area contributed by atoms with Gasteiger partial charge in [0.15, 0.2) is 8.07 Å². The van der Waals surface area contributed by atoms with Crippen molar-refractivity contribution in [3.8, 4) is 11.1 Å². The van der Waals surface area contributed by atoms with Crippen LogP contribution in [-0.2, 0) is 0 Å². The predicted octanol–water partition coefficient (Wildman–Crippen LogP) is 7.38. The maximum Gasteiger partial charge on any atom is 0.183 e. The highest BCUT2D eigenvalue weighted by Crippen LogP contribution is 2.37. The molecule has 1 aromatic heterocycles. The van der Waals surface area contributed by atoms with Gasteiger partial charge in [-0.3, -0.25) is 0 Å². The van der Waals surface area contributed by atoms with Gasteiger partial charge in [0, 0.05) is 29.6 Å². The summed E-state index contributed by atoms with van der Waals surface area (Å²) in [6.07, 6.45) is 23.0. The lowest BCUT2D eigenvalue weighted by Crippen LogP contribution is -2.62. The number of hydrogen-bond acceptors (Lipinski definition) is 2. The summed E-state index contributed by atoms with van der Waals surface area (Å²) in [7, 11) is -2.86. The highest BCUT2D eigenvalue weighted by atomic mass is 28.3. The van der Waals surface area contributed by atoms with Crippen LogP contribution in [0.4, 0.5) is 0 Å². The molecule has 1 aliphatic carbocycles. The molecule has 0 spiro atoms. The molecule has 0 saturated carbocycles. The minimum absolute atomic E-state index is 0.842. The van der Waals surface area contributed by atoms with Crippen LogP contribution in [-0.4, -0.2) is 25.7 Å². The van der Waals surface area contributed by atoms with Crippen LogP contribution in [0, 0.1) is 0 Å². The van der Waals surface area contributed by atoms with Crippen LogP contribution in [0.15, 0.2) is 162 Å². The molecule has 3 aliphatic rings. The Morgan fingerprint density at radius 1 is 0.591 bits per heavy atom. The largest absolute Gasteiger partial charge is 0.387 e. The number of nitrogens with one attached hydrogen (secondary N) is 2. The van der Waals surface area contributed by atoms with E-state index in [1.807, 2.05) is 0 Å². The molecule has 214 valence electrons. The minimum Gasteiger partial charge on any atom is -0.387 e. The van der Waals surface area contributed by atoms with Crippen LogP contribution >= 0.6 is 0 Å². The quantitative estimate of drug-likeness (QED) is 0.204. The molecule has 8 rings (SSSR count). The molecule has 2 N–H and O–H groups in total. The van der Waals surface area contributed by atoms with Crippen LogP contribution in [0.25, 0.3) is 38.6 Å². The van der Waals surface area contributed by atoms with Crippen molar-refractivity contribution < 1.29 is 0 Å². The molecule has 3 nitrogen and oxygen atoms in total. The molecular formula is C40H35N3Si.